The molecule has 0 saturated heterocycles. The molecule has 2 amide bonds. The highest BCUT2D eigenvalue weighted by atomic mass is 35.5. The average molecular weight is 349 g/mol. The molecule has 1 aliphatic carbocycles. The van der Waals surface area contributed by atoms with E-state index < -0.39 is 6.10 Å². The van der Waals surface area contributed by atoms with Crippen LogP contribution in [-0.4, -0.2) is 33.1 Å². The number of benzene rings is 1. The minimum Gasteiger partial charge on any atom is -0.391 e. The van der Waals surface area contributed by atoms with Gasteiger partial charge in [-0.25, -0.2) is 4.79 Å². The lowest BCUT2D eigenvalue weighted by Gasteiger charge is -2.28. The lowest BCUT2D eigenvalue weighted by molar-refractivity contribution is 0.0955. The van der Waals surface area contributed by atoms with Gasteiger partial charge in [-0.2, -0.15) is 5.10 Å². The molecule has 1 fully saturated rings. The predicted molar refractivity (Wildman–Crippen MR) is 93.2 cm³/mol. The normalized spacial score (nSPS) is 20.6. The van der Waals surface area contributed by atoms with Crippen molar-refractivity contribution in [3.63, 3.8) is 0 Å². The van der Waals surface area contributed by atoms with Gasteiger partial charge >= 0.3 is 6.03 Å². The van der Waals surface area contributed by atoms with E-state index in [1.165, 1.54) is 0 Å². The second-order valence-electron chi connectivity index (χ2n) is 6.11. The number of anilines is 1. The summed E-state index contributed by atoms with van der Waals surface area (Å²) in [5.74, 6) is 0. The molecule has 1 saturated carbocycles. The molecule has 6 nitrogen and oxygen atoms in total. The van der Waals surface area contributed by atoms with Crippen LogP contribution in [0.5, 0.6) is 0 Å². The number of aliphatic hydroxyl groups excluding tert-OH is 1. The summed E-state index contributed by atoms with van der Waals surface area (Å²) in [6.07, 6.45) is 6.50. The maximum atomic E-state index is 12.0. The Morgan fingerprint density at radius 2 is 2.04 bits per heavy atom. The number of carbonyl (C=O) groups is 1. The summed E-state index contributed by atoms with van der Waals surface area (Å²) in [4.78, 5) is 12.0. The molecule has 2 unspecified atom stereocenters. The Kier molecular flexibility index (Phi) is 5.37. The summed E-state index contributed by atoms with van der Waals surface area (Å²) in [5, 5.41) is 20.4. The first-order chi connectivity index (χ1) is 11.6. The third kappa shape index (κ3) is 4.49. The van der Waals surface area contributed by atoms with Gasteiger partial charge in [0.1, 0.15) is 0 Å². The Balaban J connectivity index is 1.53. The van der Waals surface area contributed by atoms with Crippen molar-refractivity contribution in [2.24, 2.45) is 0 Å². The largest absolute Gasteiger partial charge is 0.391 e. The van der Waals surface area contributed by atoms with Crippen LogP contribution in [-0.2, 0) is 6.54 Å². The smallest absolute Gasteiger partial charge is 0.319 e. The van der Waals surface area contributed by atoms with Gasteiger partial charge in [0.05, 0.1) is 30.6 Å². The van der Waals surface area contributed by atoms with Crippen LogP contribution in [0.3, 0.4) is 0 Å². The third-order valence-electron chi connectivity index (χ3n) is 4.19. The molecule has 128 valence electrons. The molecule has 1 aromatic carbocycles. The van der Waals surface area contributed by atoms with E-state index >= 15 is 0 Å². The van der Waals surface area contributed by atoms with Gasteiger partial charge in [0, 0.05) is 11.2 Å². The molecular weight excluding hydrogens is 328 g/mol. The number of aromatic nitrogens is 2. The van der Waals surface area contributed by atoms with Crippen molar-refractivity contribution < 1.29 is 9.90 Å². The lowest BCUT2D eigenvalue weighted by Crippen LogP contribution is -2.46. The Hall–Kier alpha value is -2.05. The van der Waals surface area contributed by atoms with Crippen molar-refractivity contribution >= 4 is 23.3 Å². The summed E-state index contributed by atoms with van der Waals surface area (Å²) in [5.41, 5.74) is 1.69. The number of amides is 2. The summed E-state index contributed by atoms with van der Waals surface area (Å²) in [7, 11) is 0. The standard InChI is InChI=1S/C17H21ClN4O2/c18-13-7-5-12(6-8-13)10-22-11-14(9-19-22)20-17(24)21-15-3-1-2-4-16(15)23/h5-9,11,15-16,23H,1-4,10H2,(H2,20,21,24). The van der Waals surface area contributed by atoms with Gasteiger partial charge in [-0.15, -0.1) is 0 Å². The molecule has 1 aromatic heterocycles. The van der Waals surface area contributed by atoms with Crippen LogP contribution >= 0.6 is 11.6 Å². The monoisotopic (exact) mass is 348 g/mol. The SMILES string of the molecule is O=C(Nc1cnn(Cc2ccc(Cl)cc2)c1)NC1CCCCC1O. The predicted octanol–water partition coefficient (Wildman–Crippen LogP) is 3.01. The molecule has 0 spiro atoms. The van der Waals surface area contributed by atoms with E-state index in [-0.39, 0.29) is 12.1 Å². The topological polar surface area (TPSA) is 79.2 Å². The van der Waals surface area contributed by atoms with Gasteiger partial charge in [-0.3, -0.25) is 4.68 Å². The second kappa shape index (κ2) is 7.68. The molecule has 24 heavy (non-hydrogen) atoms. The van der Waals surface area contributed by atoms with E-state index in [4.69, 9.17) is 11.6 Å². The van der Waals surface area contributed by atoms with Gasteiger partial charge < -0.3 is 15.7 Å². The molecule has 1 aliphatic rings. The molecule has 2 aromatic rings. The molecular formula is C17H21ClN4O2. The van der Waals surface area contributed by atoms with Crippen LogP contribution in [0, 0.1) is 0 Å². The highest BCUT2D eigenvalue weighted by Gasteiger charge is 2.24. The minimum atomic E-state index is -0.461. The van der Waals surface area contributed by atoms with Crippen LogP contribution < -0.4 is 10.6 Å². The van der Waals surface area contributed by atoms with Crippen LogP contribution in [0.25, 0.3) is 0 Å². The molecule has 2 atom stereocenters. The molecule has 7 heteroatoms. The first kappa shape index (κ1) is 16.8. The van der Waals surface area contributed by atoms with Crippen molar-refractivity contribution in [3.8, 4) is 0 Å². The van der Waals surface area contributed by atoms with E-state index in [2.05, 4.69) is 15.7 Å². The maximum absolute atomic E-state index is 12.0. The summed E-state index contributed by atoms with van der Waals surface area (Å²) in [6.45, 7) is 0.599. The van der Waals surface area contributed by atoms with Crippen molar-refractivity contribution in [1.29, 1.82) is 0 Å². The van der Waals surface area contributed by atoms with Crippen molar-refractivity contribution in [3.05, 3.63) is 47.2 Å². The zero-order valence-corrected chi connectivity index (χ0v) is 14.0. The highest BCUT2D eigenvalue weighted by Crippen LogP contribution is 2.18. The third-order valence-corrected chi connectivity index (χ3v) is 4.45. The first-order valence-electron chi connectivity index (χ1n) is 8.12. The number of hydrogen-bond acceptors (Lipinski definition) is 3. The van der Waals surface area contributed by atoms with Gasteiger partial charge in [-0.1, -0.05) is 36.6 Å². The maximum Gasteiger partial charge on any atom is 0.319 e. The molecule has 0 aliphatic heterocycles. The lowest BCUT2D eigenvalue weighted by atomic mass is 9.93. The number of hydrogen-bond donors (Lipinski definition) is 3. The van der Waals surface area contributed by atoms with Crippen LogP contribution in [0.2, 0.25) is 5.02 Å². The number of nitrogens with one attached hydrogen (secondary N) is 2. The van der Waals surface area contributed by atoms with E-state index in [9.17, 15) is 9.90 Å². The van der Waals surface area contributed by atoms with Gasteiger partial charge in [-0.05, 0) is 30.5 Å². The van der Waals surface area contributed by atoms with Crippen LogP contribution in [0.1, 0.15) is 31.2 Å². The summed E-state index contributed by atoms with van der Waals surface area (Å²) < 4.78 is 1.74. The zero-order chi connectivity index (χ0) is 16.9. The fourth-order valence-corrected chi connectivity index (χ4v) is 3.03. The summed E-state index contributed by atoms with van der Waals surface area (Å²) >= 11 is 5.87. The Bertz CT molecular complexity index is 686. The van der Waals surface area contributed by atoms with Crippen molar-refractivity contribution in [1.82, 2.24) is 15.1 Å². The number of urea groups is 1. The first-order valence-corrected chi connectivity index (χ1v) is 8.50. The Morgan fingerprint density at radius 3 is 2.79 bits per heavy atom. The van der Waals surface area contributed by atoms with Crippen LogP contribution in [0.15, 0.2) is 36.7 Å². The van der Waals surface area contributed by atoms with E-state index in [1.54, 1.807) is 17.1 Å². The Labute approximate surface area is 145 Å². The molecule has 0 bridgehead atoms. The summed E-state index contributed by atoms with van der Waals surface area (Å²) in [6, 6.07) is 7.06. The average Bonchev–Trinajstić information content (AvgIpc) is 2.99. The van der Waals surface area contributed by atoms with E-state index in [0.29, 0.717) is 17.3 Å². The number of halogens is 1. The molecule has 3 rings (SSSR count). The molecule has 0 radical (unpaired) electrons. The fraction of sp³-hybridized carbons (Fsp3) is 0.412. The zero-order valence-electron chi connectivity index (χ0n) is 13.3. The van der Waals surface area contributed by atoms with Gasteiger partial charge in [0.15, 0.2) is 0 Å². The highest BCUT2D eigenvalue weighted by molar-refractivity contribution is 6.30. The Morgan fingerprint density at radius 1 is 1.29 bits per heavy atom. The van der Waals surface area contributed by atoms with Crippen molar-refractivity contribution in [2.45, 2.75) is 44.4 Å². The van der Waals surface area contributed by atoms with E-state index in [1.807, 2.05) is 24.3 Å². The van der Waals surface area contributed by atoms with Crippen molar-refractivity contribution in [2.75, 3.05) is 5.32 Å². The molecule has 1 heterocycles. The minimum absolute atomic E-state index is 0.178. The number of rotatable bonds is 4. The van der Waals surface area contributed by atoms with E-state index in [0.717, 1.165) is 31.2 Å². The second-order valence-corrected chi connectivity index (χ2v) is 6.55. The van der Waals surface area contributed by atoms with Gasteiger partial charge in [0.25, 0.3) is 0 Å². The number of nitrogens with zero attached hydrogens (tertiary/aromatic N) is 2. The molecule has 3 N–H and O–H groups in total. The van der Waals surface area contributed by atoms with Gasteiger partial charge in [0.2, 0.25) is 0 Å². The number of aliphatic hydroxyl groups is 1. The quantitative estimate of drug-likeness (QED) is 0.794. The number of carbonyl (C=O) groups excluding carboxylic acids is 1. The fourth-order valence-electron chi connectivity index (χ4n) is 2.91. The van der Waals surface area contributed by atoms with Crippen LogP contribution in [0.4, 0.5) is 10.5 Å².